The molecule has 3 aromatic heterocycles. The standard InChI is InChI=1S/C25H25N5O2/c31-23-6-5-19(24-28-26-15-32-24)13-29(23)14-22-27-20-3-1-2-4-21(20)30(22)25-10-16-7-17(11-25)9-18(8-16)12-25/h1-6,13,15-18H,7-12,14H2. The number of nitrogens with zero attached hydrogens (tertiary/aromatic N) is 5. The van der Waals surface area contributed by atoms with Crippen LogP contribution in [0.5, 0.6) is 0 Å². The lowest BCUT2D eigenvalue weighted by atomic mass is 9.53. The summed E-state index contributed by atoms with van der Waals surface area (Å²) in [5, 5.41) is 7.75. The van der Waals surface area contributed by atoms with E-state index in [0.717, 1.165) is 34.7 Å². The highest BCUT2D eigenvalue weighted by atomic mass is 16.4. The summed E-state index contributed by atoms with van der Waals surface area (Å²) in [5.74, 6) is 3.88. The third-order valence-electron chi connectivity index (χ3n) is 8.01. The summed E-state index contributed by atoms with van der Waals surface area (Å²) in [6, 6.07) is 11.7. The van der Waals surface area contributed by atoms with Crippen molar-refractivity contribution in [2.75, 3.05) is 0 Å². The summed E-state index contributed by atoms with van der Waals surface area (Å²) in [6.45, 7) is 0.428. The molecular formula is C25H25N5O2. The zero-order valence-electron chi connectivity index (χ0n) is 17.9. The van der Waals surface area contributed by atoms with Crippen LogP contribution in [0.2, 0.25) is 0 Å². The van der Waals surface area contributed by atoms with Crippen molar-refractivity contribution >= 4 is 11.0 Å². The van der Waals surface area contributed by atoms with Gasteiger partial charge < -0.3 is 13.6 Å². The number of rotatable bonds is 4. The van der Waals surface area contributed by atoms with Gasteiger partial charge in [-0.15, -0.1) is 10.2 Å². The molecule has 4 aliphatic carbocycles. The first kappa shape index (κ1) is 18.4. The minimum Gasteiger partial charge on any atom is -0.423 e. The number of hydrogen-bond acceptors (Lipinski definition) is 5. The Labute approximate surface area is 185 Å². The van der Waals surface area contributed by atoms with E-state index in [4.69, 9.17) is 9.40 Å². The van der Waals surface area contributed by atoms with Crippen molar-refractivity contribution in [2.45, 2.75) is 50.6 Å². The summed E-state index contributed by atoms with van der Waals surface area (Å²) in [4.78, 5) is 17.8. The maximum absolute atomic E-state index is 12.8. The van der Waals surface area contributed by atoms with Crippen molar-refractivity contribution in [3.8, 4) is 11.5 Å². The SMILES string of the molecule is O=c1ccc(-c2nnco2)cn1Cc1nc2ccccc2n1C12CC3CC(CC(C3)C1)C2. The largest absolute Gasteiger partial charge is 0.423 e. The van der Waals surface area contributed by atoms with E-state index < -0.39 is 0 Å². The first-order valence-corrected chi connectivity index (χ1v) is 11.6. The molecule has 32 heavy (non-hydrogen) atoms. The fourth-order valence-electron chi connectivity index (χ4n) is 7.28. The Hall–Kier alpha value is -3.22. The number of fused-ring (bicyclic) bond motifs is 1. The lowest BCUT2D eigenvalue weighted by Gasteiger charge is -2.57. The Kier molecular flexibility index (Phi) is 3.81. The van der Waals surface area contributed by atoms with Gasteiger partial charge in [-0.2, -0.15) is 0 Å². The summed E-state index contributed by atoms with van der Waals surface area (Å²) in [5.41, 5.74) is 3.02. The molecule has 4 saturated carbocycles. The van der Waals surface area contributed by atoms with E-state index in [1.165, 1.54) is 50.4 Å². The molecule has 7 nitrogen and oxygen atoms in total. The topological polar surface area (TPSA) is 78.7 Å². The highest BCUT2D eigenvalue weighted by molar-refractivity contribution is 5.76. The molecule has 7 heteroatoms. The zero-order chi connectivity index (χ0) is 21.3. The van der Waals surface area contributed by atoms with Gasteiger partial charge in [-0.05, 0) is 74.5 Å². The van der Waals surface area contributed by atoms with Crippen molar-refractivity contribution in [1.82, 2.24) is 24.3 Å². The average Bonchev–Trinajstić information content (AvgIpc) is 3.42. The predicted octanol–water partition coefficient (Wildman–Crippen LogP) is 4.22. The molecule has 4 aliphatic rings. The van der Waals surface area contributed by atoms with Crippen LogP contribution in [-0.4, -0.2) is 24.3 Å². The van der Waals surface area contributed by atoms with Crippen molar-refractivity contribution in [1.29, 1.82) is 0 Å². The van der Waals surface area contributed by atoms with Gasteiger partial charge in [0.2, 0.25) is 12.3 Å². The molecule has 1 aromatic carbocycles. The van der Waals surface area contributed by atoms with Crippen LogP contribution in [0.4, 0.5) is 0 Å². The highest BCUT2D eigenvalue weighted by Gasteiger charge is 2.52. The molecule has 0 spiro atoms. The quantitative estimate of drug-likeness (QED) is 0.487. The Balaban J connectivity index is 1.37. The van der Waals surface area contributed by atoms with Crippen molar-refractivity contribution in [3.05, 3.63) is 65.2 Å². The molecule has 0 atom stereocenters. The third-order valence-corrected chi connectivity index (χ3v) is 8.01. The molecule has 0 amide bonds. The first-order valence-electron chi connectivity index (χ1n) is 11.6. The number of para-hydroxylation sites is 2. The Morgan fingerprint density at radius 2 is 1.75 bits per heavy atom. The van der Waals surface area contributed by atoms with E-state index in [0.29, 0.717) is 12.4 Å². The van der Waals surface area contributed by atoms with Crippen LogP contribution in [0.25, 0.3) is 22.5 Å². The van der Waals surface area contributed by atoms with E-state index in [9.17, 15) is 4.79 Å². The van der Waals surface area contributed by atoms with Gasteiger partial charge in [0.25, 0.3) is 5.56 Å². The summed E-state index contributed by atoms with van der Waals surface area (Å²) in [6.07, 6.45) is 11.0. The van der Waals surface area contributed by atoms with Gasteiger partial charge in [-0.3, -0.25) is 4.79 Å². The van der Waals surface area contributed by atoms with Crippen molar-refractivity contribution < 1.29 is 4.42 Å². The number of hydrogen-bond donors (Lipinski definition) is 0. The van der Waals surface area contributed by atoms with Crippen LogP contribution in [0.15, 0.2) is 58.2 Å². The van der Waals surface area contributed by atoms with Crippen LogP contribution < -0.4 is 5.56 Å². The number of imidazole rings is 1. The summed E-state index contributed by atoms with van der Waals surface area (Å²) < 4.78 is 9.59. The number of aromatic nitrogens is 5. The van der Waals surface area contributed by atoms with Gasteiger partial charge in [0, 0.05) is 17.8 Å². The van der Waals surface area contributed by atoms with E-state index in [-0.39, 0.29) is 11.1 Å². The van der Waals surface area contributed by atoms with E-state index in [1.807, 2.05) is 6.07 Å². The second kappa shape index (κ2) is 6.64. The van der Waals surface area contributed by atoms with Gasteiger partial charge in [0.05, 0.1) is 23.1 Å². The van der Waals surface area contributed by atoms with Crippen molar-refractivity contribution in [3.63, 3.8) is 0 Å². The molecule has 0 saturated heterocycles. The molecule has 0 aliphatic heterocycles. The Morgan fingerprint density at radius 1 is 1.00 bits per heavy atom. The van der Waals surface area contributed by atoms with Crippen LogP contribution in [0.1, 0.15) is 44.3 Å². The number of pyridine rings is 1. The summed E-state index contributed by atoms with van der Waals surface area (Å²) in [7, 11) is 0. The van der Waals surface area contributed by atoms with Gasteiger partial charge in [-0.25, -0.2) is 4.98 Å². The van der Waals surface area contributed by atoms with Gasteiger partial charge in [0.15, 0.2) is 0 Å². The van der Waals surface area contributed by atoms with E-state index in [1.54, 1.807) is 22.9 Å². The highest BCUT2D eigenvalue weighted by Crippen LogP contribution is 2.59. The fraction of sp³-hybridized carbons (Fsp3) is 0.440. The Morgan fingerprint density at radius 3 is 2.47 bits per heavy atom. The minimum atomic E-state index is -0.0580. The lowest BCUT2D eigenvalue weighted by Crippen LogP contribution is -2.52. The smallest absolute Gasteiger partial charge is 0.250 e. The maximum atomic E-state index is 12.8. The van der Waals surface area contributed by atoms with Gasteiger partial charge in [0.1, 0.15) is 5.82 Å². The number of benzene rings is 1. The monoisotopic (exact) mass is 427 g/mol. The van der Waals surface area contributed by atoms with E-state index in [2.05, 4.69) is 33.0 Å². The predicted molar refractivity (Wildman–Crippen MR) is 119 cm³/mol. The maximum Gasteiger partial charge on any atom is 0.250 e. The van der Waals surface area contributed by atoms with Crippen molar-refractivity contribution in [2.24, 2.45) is 17.8 Å². The molecule has 3 heterocycles. The molecule has 8 rings (SSSR count). The minimum absolute atomic E-state index is 0.0580. The summed E-state index contributed by atoms with van der Waals surface area (Å²) >= 11 is 0. The molecular weight excluding hydrogens is 402 g/mol. The van der Waals surface area contributed by atoms with Gasteiger partial charge >= 0.3 is 0 Å². The average molecular weight is 428 g/mol. The van der Waals surface area contributed by atoms with Gasteiger partial charge in [-0.1, -0.05) is 12.1 Å². The second-order valence-electron chi connectivity index (χ2n) is 10.1. The molecule has 162 valence electrons. The molecule has 4 bridgehead atoms. The zero-order valence-corrected chi connectivity index (χ0v) is 17.9. The van der Waals surface area contributed by atoms with Crippen LogP contribution in [0.3, 0.4) is 0 Å². The second-order valence-corrected chi connectivity index (χ2v) is 10.1. The Bertz CT molecular complexity index is 1330. The van der Waals surface area contributed by atoms with Crippen LogP contribution >= 0.6 is 0 Å². The third kappa shape index (κ3) is 2.73. The lowest BCUT2D eigenvalue weighted by molar-refractivity contribution is -0.0424. The van der Waals surface area contributed by atoms with Crippen LogP contribution in [-0.2, 0) is 12.1 Å². The molecule has 4 aromatic rings. The molecule has 4 fully saturated rings. The normalized spacial score (nSPS) is 28.6. The fourth-order valence-corrected chi connectivity index (χ4v) is 7.28. The van der Waals surface area contributed by atoms with E-state index >= 15 is 0 Å². The van der Waals surface area contributed by atoms with Crippen LogP contribution in [0, 0.1) is 17.8 Å². The molecule has 0 radical (unpaired) electrons. The molecule has 0 N–H and O–H groups in total. The first-order chi connectivity index (χ1) is 15.7. The molecule has 0 unspecified atom stereocenters.